The molecule has 2 nitrogen and oxygen atoms in total. The number of Topliss-reactive ketones (excluding diaryl/α,β-unsaturated/α-hetero) is 1. The number of ketones is 1. The van der Waals surface area contributed by atoms with Crippen LogP contribution < -0.4 is 0 Å². The molecule has 0 fully saturated rings. The maximum atomic E-state index is 13.4. The molecule has 0 aliphatic carbocycles. The smallest absolute Gasteiger partial charge is 0.199 e. The fourth-order valence-electron chi connectivity index (χ4n) is 1.44. The van der Waals surface area contributed by atoms with E-state index in [1.807, 2.05) is 0 Å². The highest BCUT2D eigenvalue weighted by molar-refractivity contribution is 6.02. The quantitative estimate of drug-likeness (QED) is 0.740. The van der Waals surface area contributed by atoms with E-state index in [1.165, 1.54) is 19.9 Å². The number of halogens is 2. The molecule has 1 aromatic carbocycles. The lowest BCUT2D eigenvalue weighted by Crippen LogP contribution is -2.36. The molecule has 0 atom stereocenters. The predicted molar refractivity (Wildman–Crippen MR) is 56.4 cm³/mol. The number of hydrogen-bond acceptors (Lipinski definition) is 2. The van der Waals surface area contributed by atoms with Gasteiger partial charge in [-0.1, -0.05) is 6.07 Å². The van der Waals surface area contributed by atoms with E-state index in [0.29, 0.717) is 6.61 Å². The molecule has 0 aliphatic heterocycles. The van der Waals surface area contributed by atoms with E-state index in [9.17, 15) is 13.6 Å². The second-order valence-electron chi connectivity index (χ2n) is 3.87. The van der Waals surface area contributed by atoms with E-state index >= 15 is 0 Å². The van der Waals surface area contributed by atoms with Gasteiger partial charge in [-0.15, -0.1) is 0 Å². The molecule has 0 spiro atoms. The summed E-state index contributed by atoms with van der Waals surface area (Å²) in [4.78, 5) is 11.9. The number of rotatable bonds is 4. The molecule has 0 saturated heterocycles. The zero-order valence-electron chi connectivity index (χ0n) is 9.51. The molecular weight excluding hydrogens is 214 g/mol. The second kappa shape index (κ2) is 4.70. The highest BCUT2D eigenvalue weighted by Crippen LogP contribution is 2.21. The minimum absolute atomic E-state index is 0.300. The van der Waals surface area contributed by atoms with Gasteiger partial charge in [0.05, 0.1) is 5.56 Å². The number of hydrogen-bond donors (Lipinski definition) is 0. The molecule has 0 N–H and O–H groups in total. The van der Waals surface area contributed by atoms with Crippen LogP contribution in [0.3, 0.4) is 0 Å². The molecule has 88 valence electrons. The van der Waals surface area contributed by atoms with E-state index in [2.05, 4.69) is 0 Å². The Kier molecular flexibility index (Phi) is 3.75. The van der Waals surface area contributed by atoms with Crippen LogP contribution in [0.25, 0.3) is 0 Å². The lowest BCUT2D eigenvalue weighted by atomic mass is 9.95. The van der Waals surface area contributed by atoms with Gasteiger partial charge in [0.25, 0.3) is 0 Å². The summed E-state index contributed by atoms with van der Waals surface area (Å²) in [5.41, 5.74) is -1.77. The van der Waals surface area contributed by atoms with Crippen LogP contribution >= 0.6 is 0 Å². The minimum Gasteiger partial charge on any atom is -0.368 e. The molecule has 0 saturated carbocycles. The fourth-order valence-corrected chi connectivity index (χ4v) is 1.44. The van der Waals surface area contributed by atoms with Gasteiger partial charge in [-0.3, -0.25) is 4.79 Å². The van der Waals surface area contributed by atoms with Gasteiger partial charge in [0.2, 0.25) is 0 Å². The van der Waals surface area contributed by atoms with Crippen molar-refractivity contribution in [1.82, 2.24) is 0 Å². The van der Waals surface area contributed by atoms with Crippen molar-refractivity contribution in [3.05, 3.63) is 35.4 Å². The maximum Gasteiger partial charge on any atom is 0.199 e. The maximum absolute atomic E-state index is 13.4. The highest BCUT2D eigenvalue weighted by Gasteiger charge is 2.33. The summed E-state index contributed by atoms with van der Waals surface area (Å²) in [5, 5.41) is 0. The van der Waals surface area contributed by atoms with E-state index < -0.39 is 28.6 Å². The van der Waals surface area contributed by atoms with Crippen molar-refractivity contribution in [2.45, 2.75) is 26.4 Å². The zero-order chi connectivity index (χ0) is 12.3. The van der Waals surface area contributed by atoms with Crippen LogP contribution in [0.1, 0.15) is 31.1 Å². The first kappa shape index (κ1) is 12.8. The standard InChI is InChI=1S/C12H14F2O2/c1-4-16-12(2,3)11(15)10-8(13)6-5-7-9(10)14/h5-7H,4H2,1-3H3. The van der Waals surface area contributed by atoms with Crippen molar-refractivity contribution >= 4 is 5.78 Å². The van der Waals surface area contributed by atoms with E-state index in [1.54, 1.807) is 6.92 Å². The Morgan fingerprint density at radius 1 is 1.31 bits per heavy atom. The number of carbonyl (C=O) groups excluding carboxylic acids is 1. The van der Waals surface area contributed by atoms with Crippen LogP contribution in [0.2, 0.25) is 0 Å². The Morgan fingerprint density at radius 3 is 2.25 bits per heavy atom. The predicted octanol–water partition coefficient (Wildman–Crippen LogP) is 2.96. The molecule has 0 amide bonds. The summed E-state index contributed by atoms with van der Waals surface area (Å²) in [6.07, 6.45) is 0. The van der Waals surface area contributed by atoms with Gasteiger partial charge in [0, 0.05) is 6.61 Å². The lowest BCUT2D eigenvalue weighted by Gasteiger charge is -2.23. The lowest BCUT2D eigenvalue weighted by molar-refractivity contribution is 0.000625. The molecule has 16 heavy (non-hydrogen) atoms. The van der Waals surface area contributed by atoms with Crippen molar-refractivity contribution < 1.29 is 18.3 Å². The summed E-state index contributed by atoms with van der Waals surface area (Å²) in [5.74, 6) is -2.42. The second-order valence-corrected chi connectivity index (χ2v) is 3.87. The van der Waals surface area contributed by atoms with Crippen molar-refractivity contribution in [3.8, 4) is 0 Å². The molecule has 1 aromatic rings. The minimum atomic E-state index is -1.22. The first-order valence-electron chi connectivity index (χ1n) is 5.03. The van der Waals surface area contributed by atoms with Gasteiger partial charge in [-0.2, -0.15) is 0 Å². The van der Waals surface area contributed by atoms with Crippen LogP contribution in [-0.2, 0) is 4.74 Å². The monoisotopic (exact) mass is 228 g/mol. The van der Waals surface area contributed by atoms with Gasteiger partial charge in [-0.05, 0) is 32.9 Å². The Hall–Kier alpha value is -1.29. The summed E-state index contributed by atoms with van der Waals surface area (Å²) in [7, 11) is 0. The first-order valence-corrected chi connectivity index (χ1v) is 5.03. The van der Waals surface area contributed by atoms with Crippen LogP contribution in [0, 0.1) is 11.6 Å². The largest absolute Gasteiger partial charge is 0.368 e. The van der Waals surface area contributed by atoms with Crippen molar-refractivity contribution in [3.63, 3.8) is 0 Å². The first-order chi connectivity index (χ1) is 7.40. The molecule has 0 aliphatic rings. The van der Waals surface area contributed by atoms with Gasteiger partial charge < -0.3 is 4.74 Å². The third-order valence-corrected chi connectivity index (χ3v) is 2.24. The third kappa shape index (κ3) is 2.44. The molecule has 0 aromatic heterocycles. The average Bonchev–Trinajstić information content (AvgIpc) is 2.17. The molecule has 4 heteroatoms. The molecular formula is C12H14F2O2. The number of benzene rings is 1. The summed E-state index contributed by atoms with van der Waals surface area (Å²) >= 11 is 0. The van der Waals surface area contributed by atoms with Gasteiger partial charge in [0.1, 0.15) is 17.2 Å². The van der Waals surface area contributed by atoms with Crippen molar-refractivity contribution in [2.75, 3.05) is 6.61 Å². The molecule has 0 unspecified atom stereocenters. The highest BCUT2D eigenvalue weighted by atomic mass is 19.1. The Morgan fingerprint density at radius 2 is 1.81 bits per heavy atom. The van der Waals surface area contributed by atoms with Crippen LogP contribution in [-0.4, -0.2) is 18.0 Å². The molecule has 0 heterocycles. The Bertz CT molecular complexity index is 380. The topological polar surface area (TPSA) is 26.3 Å². The van der Waals surface area contributed by atoms with Crippen LogP contribution in [0.15, 0.2) is 18.2 Å². The Labute approximate surface area is 93.2 Å². The third-order valence-electron chi connectivity index (χ3n) is 2.24. The molecule has 1 rings (SSSR count). The van der Waals surface area contributed by atoms with E-state index in [0.717, 1.165) is 12.1 Å². The number of ether oxygens (including phenoxy) is 1. The van der Waals surface area contributed by atoms with Crippen molar-refractivity contribution in [1.29, 1.82) is 0 Å². The van der Waals surface area contributed by atoms with Crippen molar-refractivity contribution in [2.24, 2.45) is 0 Å². The van der Waals surface area contributed by atoms with Gasteiger partial charge in [-0.25, -0.2) is 8.78 Å². The summed E-state index contributed by atoms with van der Waals surface area (Å²) in [6, 6.07) is 3.33. The molecule has 0 radical (unpaired) electrons. The SMILES string of the molecule is CCOC(C)(C)C(=O)c1c(F)cccc1F. The number of carbonyl (C=O) groups is 1. The van der Waals surface area contributed by atoms with Gasteiger partial charge >= 0.3 is 0 Å². The Balaban J connectivity index is 3.14. The fraction of sp³-hybridized carbons (Fsp3) is 0.417. The molecule has 0 bridgehead atoms. The average molecular weight is 228 g/mol. The summed E-state index contributed by atoms with van der Waals surface area (Å²) in [6.45, 7) is 5.00. The van der Waals surface area contributed by atoms with Crippen LogP contribution in [0.5, 0.6) is 0 Å². The van der Waals surface area contributed by atoms with E-state index in [4.69, 9.17) is 4.74 Å². The van der Waals surface area contributed by atoms with Crippen LogP contribution in [0.4, 0.5) is 8.78 Å². The van der Waals surface area contributed by atoms with E-state index in [-0.39, 0.29) is 0 Å². The normalized spacial score (nSPS) is 11.6. The zero-order valence-corrected chi connectivity index (χ0v) is 9.51. The van der Waals surface area contributed by atoms with Gasteiger partial charge in [0.15, 0.2) is 5.78 Å². The summed E-state index contributed by atoms with van der Waals surface area (Å²) < 4.78 is 31.9.